The van der Waals surface area contributed by atoms with Crippen LogP contribution in [0.15, 0.2) is 66.7 Å². The minimum absolute atomic E-state index is 0.00783. The number of carbonyl (C=O) groups excluding carboxylic acids is 1. The standard InChI is InChI=1S/C27H29N3OS/c1-19-16-20(2)25-24(17-19)32-27(28-25)30(15-14-29(3)4)26(31)23-12-10-22(11-13-23)18-21-8-6-5-7-9-21/h5-13,16-17H,14-15,18H2,1-4H3. The van der Waals surface area contributed by atoms with Crippen LogP contribution < -0.4 is 4.90 Å². The average molecular weight is 444 g/mol. The number of aryl methyl sites for hydroxylation is 2. The maximum absolute atomic E-state index is 13.5. The molecule has 1 heterocycles. The Balaban J connectivity index is 1.61. The third-order valence-corrected chi connectivity index (χ3v) is 6.54. The first-order chi connectivity index (χ1) is 15.4. The van der Waals surface area contributed by atoms with Gasteiger partial charge in [0.1, 0.15) is 0 Å². The minimum atomic E-state index is -0.00783. The molecule has 4 rings (SSSR count). The molecule has 3 aromatic carbocycles. The number of hydrogen-bond donors (Lipinski definition) is 0. The SMILES string of the molecule is Cc1cc(C)c2nc(N(CCN(C)C)C(=O)c3ccc(Cc4ccccc4)cc3)sc2c1. The lowest BCUT2D eigenvalue weighted by atomic mass is 10.0. The number of thiazole rings is 1. The fraction of sp³-hybridized carbons (Fsp3) is 0.259. The number of anilines is 1. The van der Waals surface area contributed by atoms with E-state index in [2.05, 4.69) is 67.3 Å². The van der Waals surface area contributed by atoms with Crippen molar-refractivity contribution >= 4 is 32.6 Å². The van der Waals surface area contributed by atoms with E-state index in [0.29, 0.717) is 12.1 Å². The highest BCUT2D eigenvalue weighted by Gasteiger charge is 2.22. The van der Waals surface area contributed by atoms with E-state index < -0.39 is 0 Å². The van der Waals surface area contributed by atoms with E-state index in [0.717, 1.165) is 33.9 Å². The van der Waals surface area contributed by atoms with E-state index in [4.69, 9.17) is 4.98 Å². The molecule has 5 heteroatoms. The van der Waals surface area contributed by atoms with Crippen LogP contribution in [0.1, 0.15) is 32.6 Å². The summed E-state index contributed by atoms with van der Waals surface area (Å²) >= 11 is 1.59. The number of benzene rings is 3. The normalized spacial score (nSPS) is 11.3. The summed E-state index contributed by atoms with van der Waals surface area (Å²) < 4.78 is 1.12. The molecule has 1 amide bonds. The second-order valence-electron chi connectivity index (χ2n) is 8.54. The Hall–Kier alpha value is -3.02. The van der Waals surface area contributed by atoms with Gasteiger partial charge in [-0.15, -0.1) is 0 Å². The molecule has 4 aromatic rings. The van der Waals surface area contributed by atoms with Gasteiger partial charge in [0.2, 0.25) is 0 Å². The smallest absolute Gasteiger partial charge is 0.260 e. The lowest BCUT2D eigenvalue weighted by Crippen LogP contribution is -2.36. The van der Waals surface area contributed by atoms with Crippen molar-refractivity contribution in [3.8, 4) is 0 Å². The molecular weight excluding hydrogens is 414 g/mol. The lowest BCUT2D eigenvalue weighted by molar-refractivity contribution is 0.0985. The maximum Gasteiger partial charge on any atom is 0.260 e. The van der Waals surface area contributed by atoms with Gasteiger partial charge >= 0.3 is 0 Å². The van der Waals surface area contributed by atoms with Crippen molar-refractivity contribution in [2.24, 2.45) is 0 Å². The first-order valence-electron chi connectivity index (χ1n) is 10.9. The van der Waals surface area contributed by atoms with E-state index >= 15 is 0 Å². The van der Waals surface area contributed by atoms with Gasteiger partial charge in [-0.25, -0.2) is 4.98 Å². The minimum Gasteiger partial charge on any atom is -0.308 e. The van der Waals surface area contributed by atoms with E-state index in [1.165, 1.54) is 16.7 Å². The number of likely N-dealkylation sites (N-methyl/N-ethyl adjacent to an activating group) is 1. The van der Waals surface area contributed by atoms with Crippen molar-refractivity contribution in [3.05, 3.63) is 94.5 Å². The Morgan fingerprint density at radius 1 is 0.906 bits per heavy atom. The molecule has 0 fully saturated rings. The van der Waals surface area contributed by atoms with E-state index in [9.17, 15) is 4.79 Å². The van der Waals surface area contributed by atoms with Crippen molar-refractivity contribution in [3.63, 3.8) is 0 Å². The molecule has 4 nitrogen and oxygen atoms in total. The number of rotatable bonds is 7. The van der Waals surface area contributed by atoms with Crippen LogP contribution in [0.5, 0.6) is 0 Å². The molecule has 0 saturated carbocycles. The van der Waals surface area contributed by atoms with Gasteiger partial charge in [-0.05, 0) is 74.8 Å². The molecule has 0 radical (unpaired) electrons. The van der Waals surface area contributed by atoms with Crippen molar-refractivity contribution in [2.45, 2.75) is 20.3 Å². The number of aromatic nitrogens is 1. The molecule has 1 aromatic heterocycles. The third-order valence-electron chi connectivity index (χ3n) is 5.52. The molecule has 0 aliphatic rings. The van der Waals surface area contributed by atoms with E-state index in [-0.39, 0.29) is 5.91 Å². The third kappa shape index (κ3) is 5.06. The zero-order valence-corrected chi connectivity index (χ0v) is 19.9. The predicted octanol–water partition coefficient (Wildman–Crippen LogP) is 5.71. The molecule has 0 saturated heterocycles. The summed E-state index contributed by atoms with van der Waals surface area (Å²) in [5.41, 5.74) is 6.49. The topological polar surface area (TPSA) is 36.4 Å². The Bertz CT molecular complexity index is 1210. The predicted molar refractivity (Wildman–Crippen MR) is 135 cm³/mol. The summed E-state index contributed by atoms with van der Waals surface area (Å²) in [5, 5.41) is 0.758. The maximum atomic E-state index is 13.5. The van der Waals surface area contributed by atoms with Crippen LogP contribution in [0.25, 0.3) is 10.2 Å². The fourth-order valence-corrected chi connectivity index (χ4v) is 4.98. The Labute approximate surface area is 194 Å². The number of amides is 1. The first kappa shape index (κ1) is 22.2. The van der Waals surface area contributed by atoms with Gasteiger partial charge in [-0.3, -0.25) is 9.69 Å². The summed E-state index contributed by atoms with van der Waals surface area (Å²) in [6, 6.07) is 22.6. The van der Waals surface area contributed by atoms with Crippen LogP contribution in [-0.2, 0) is 6.42 Å². The average Bonchev–Trinajstić information content (AvgIpc) is 3.19. The van der Waals surface area contributed by atoms with Crippen LogP contribution in [0.2, 0.25) is 0 Å². The van der Waals surface area contributed by atoms with Crippen LogP contribution in [0.4, 0.5) is 5.13 Å². The van der Waals surface area contributed by atoms with Gasteiger partial charge < -0.3 is 4.90 Å². The highest BCUT2D eigenvalue weighted by molar-refractivity contribution is 7.22. The van der Waals surface area contributed by atoms with Crippen molar-refractivity contribution in [2.75, 3.05) is 32.1 Å². The highest BCUT2D eigenvalue weighted by Crippen LogP contribution is 2.32. The molecule has 0 unspecified atom stereocenters. The summed E-state index contributed by atoms with van der Waals surface area (Å²) in [6.07, 6.45) is 0.857. The van der Waals surface area contributed by atoms with Gasteiger partial charge in [0.05, 0.1) is 10.2 Å². The molecule has 0 aliphatic heterocycles. The Morgan fingerprint density at radius 2 is 1.59 bits per heavy atom. The zero-order chi connectivity index (χ0) is 22.7. The molecule has 0 spiro atoms. The monoisotopic (exact) mass is 443 g/mol. The largest absolute Gasteiger partial charge is 0.308 e. The van der Waals surface area contributed by atoms with Gasteiger partial charge in [-0.1, -0.05) is 59.9 Å². The van der Waals surface area contributed by atoms with E-state index in [1.807, 2.05) is 37.2 Å². The van der Waals surface area contributed by atoms with Crippen molar-refractivity contribution < 1.29 is 4.79 Å². The first-order valence-corrected chi connectivity index (χ1v) is 11.7. The number of carbonyl (C=O) groups is 1. The number of nitrogens with zero attached hydrogens (tertiary/aromatic N) is 3. The Kier molecular flexibility index (Phi) is 6.68. The molecular formula is C27H29N3OS. The van der Waals surface area contributed by atoms with Gasteiger partial charge in [0, 0.05) is 18.7 Å². The fourth-order valence-electron chi connectivity index (χ4n) is 3.81. The van der Waals surface area contributed by atoms with Crippen LogP contribution in [0, 0.1) is 13.8 Å². The summed E-state index contributed by atoms with van der Waals surface area (Å²) in [6.45, 7) is 5.54. The number of fused-ring (bicyclic) bond motifs is 1. The van der Waals surface area contributed by atoms with Gasteiger partial charge in [-0.2, -0.15) is 0 Å². The van der Waals surface area contributed by atoms with Crippen LogP contribution in [-0.4, -0.2) is 43.0 Å². The molecule has 0 N–H and O–H groups in total. The van der Waals surface area contributed by atoms with Crippen molar-refractivity contribution in [1.82, 2.24) is 9.88 Å². The highest BCUT2D eigenvalue weighted by atomic mass is 32.1. The van der Waals surface area contributed by atoms with Gasteiger partial charge in [0.25, 0.3) is 5.91 Å². The summed E-state index contributed by atoms with van der Waals surface area (Å²) in [7, 11) is 4.04. The Morgan fingerprint density at radius 3 is 2.28 bits per heavy atom. The zero-order valence-electron chi connectivity index (χ0n) is 19.1. The van der Waals surface area contributed by atoms with Crippen molar-refractivity contribution in [1.29, 1.82) is 0 Å². The summed E-state index contributed by atoms with van der Waals surface area (Å²) in [5.74, 6) is -0.00783. The second-order valence-corrected chi connectivity index (χ2v) is 9.55. The molecule has 32 heavy (non-hydrogen) atoms. The quantitative estimate of drug-likeness (QED) is 0.367. The molecule has 164 valence electrons. The van der Waals surface area contributed by atoms with Gasteiger partial charge in [0.15, 0.2) is 5.13 Å². The molecule has 0 aliphatic carbocycles. The van der Waals surface area contributed by atoms with E-state index in [1.54, 1.807) is 11.3 Å². The lowest BCUT2D eigenvalue weighted by Gasteiger charge is -2.22. The molecule has 0 bridgehead atoms. The van der Waals surface area contributed by atoms with Crippen LogP contribution in [0.3, 0.4) is 0 Å². The molecule has 0 atom stereocenters. The second kappa shape index (κ2) is 9.63. The number of hydrogen-bond acceptors (Lipinski definition) is 4. The summed E-state index contributed by atoms with van der Waals surface area (Å²) in [4.78, 5) is 22.3. The van der Waals surface area contributed by atoms with Crippen LogP contribution >= 0.6 is 11.3 Å².